The third-order valence-corrected chi connectivity index (χ3v) is 2.63. The zero-order valence-corrected chi connectivity index (χ0v) is 7.12. The molecule has 0 aromatic rings. The molecule has 68 valence electrons. The Labute approximate surface area is 72.1 Å². The van der Waals surface area contributed by atoms with Crippen LogP contribution in [-0.2, 0) is 0 Å². The molecule has 0 spiro atoms. The number of nitrogens with two attached hydrogens (primary N) is 1. The van der Waals surface area contributed by atoms with Gasteiger partial charge in [0.15, 0.2) is 0 Å². The second kappa shape index (κ2) is 2.94. The first-order valence-electron chi connectivity index (χ1n) is 4.56. The molecule has 2 amide bonds. The average molecular weight is 169 g/mol. The number of rotatable bonds is 2. The van der Waals surface area contributed by atoms with E-state index in [-0.39, 0.29) is 0 Å². The van der Waals surface area contributed by atoms with Gasteiger partial charge in [-0.3, -0.25) is 4.90 Å². The molecule has 0 bridgehead atoms. The van der Waals surface area contributed by atoms with E-state index in [1.807, 2.05) is 0 Å². The second-order valence-electron chi connectivity index (χ2n) is 3.72. The quantitative estimate of drug-likeness (QED) is 0.606. The summed E-state index contributed by atoms with van der Waals surface area (Å²) < 4.78 is 0. The van der Waals surface area contributed by atoms with Crippen molar-refractivity contribution in [1.82, 2.24) is 10.2 Å². The Balaban J connectivity index is 1.77. The molecule has 1 atom stereocenters. The van der Waals surface area contributed by atoms with E-state index in [0.717, 1.165) is 25.6 Å². The molecule has 0 aromatic heterocycles. The van der Waals surface area contributed by atoms with E-state index in [9.17, 15) is 4.79 Å². The Hall–Kier alpha value is -0.770. The zero-order valence-electron chi connectivity index (χ0n) is 7.12. The van der Waals surface area contributed by atoms with Crippen molar-refractivity contribution in [3.63, 3.8) is 0 Å². The lowest BCUT2D eigenvalue weighted by atomic mass is 10.3. The fourth-order valence-electron chi connectivity index (χ4n) is 1.88. The molecule has 12 heavy (non-hydrogen) atoms. The van der Waals surface area contributed by atoms with Crippen LogP contribution in [0.1, 0.15) is 19.3 Å². The van der Waals surface area contributed by atoms with Gasteiger partial charge in [-0.25, -0.2) is 4.79 Å². The van der Waals surface area contributed by atoms with E-state index in [1.165, 1.54) is 12.8 Å². The number of nitrogens with one attached hydrogen (secondary N) is 1. The van der Waals surface area contributed by atoms with Gasteiger partial charge < -0.3 is 11.1 Å². The Bertz CT molecular complexity index is 191. The van der Waals surface area contributed by atoms with E-state index in [0.29, 0.717) is 6.04 Å². The molecule has 4 heteroatoms. The summed E-state index contributed by atoms with van der Waals surface area (Å²) in [6.07, 6.45) is 3.73. The summed E-state index contributed by atoms with van der Waals surface area (Å²) in [4.78, 5) is 13.0. The lowest BCUT2D eigenvalue weighted by molar-refractivity contribution is 0.244. The highest BCUT2D eigenvalue weighted by atomic mass is 16.2. The van der Waals surface area contributed by atoms with Crippen molar-refractivity contribution < 1.29 is 4.79 Å². The van der Waals surface area contributed by atoms with Crippen LogP contribution < -0.4 is 11.1 Å². The number of hydrogen-bond acceptors (Lipinski definition) is 2. The SMILES string of the molecule is NC(=O)NC1CCN(C2CC2)C1. The molecular formula is C8H15N3O. The van der Waals surface area contributed by atoms with Gasteiger partial charge in [-0.2, -0.15) is 0 Å². The molecular weight excluding hydrogens is 154 g/mol. The molecule has 3 N–H and O–H groups in total. The number of nitrogens with zero attached hydrogens (tertiary/aromatic N) is 1. The predicted octanol–water partition coefficient (Wildman–Crippen LogP) is -0.109. The van der Waals surface area contributed by atoms with Crippen LogP contribution in [0.2, 0.25) is 0 Å². The lowest BCUT2D eigenvalue weighted by Gasteiger charge is -2.14. The third kappa shape index (κ3) is 1.69. The summed E-state index contributed by atoms with van der Waals surface area (Å²) in [5, 5.41) is 2.75. The Morgan fingerprint density at radius 3 is 2.75 bits per heavy atom. The van der Waals surface area contributed by atoms with Crippen molar-refractivity contribution in [1.29, 1.82) is 0 Å². The number of amides is 2. The van der Waals surface area contributed by atoms with Gasteiger partial charge in [0.2, 0.25) is 0 Å². The van der Waals surface area contributed by atoms with Gasteiger partial charge in [0.05, 0.1) is 0 Å². The topological polar surface area (TPSA) is 58.4 Å². The first-order chi connectivity index (χ1) is 5.75. The number of hydrogen-bond donors (Lipinski definition) is 2. The summed E-state index contributed by atoms with van der Waals surface area (Å²) in [7, 11) is 0. The average Bonchev–Trinajstić information content (AvgIpc) is 2.73. The molecule has 0 radical (unpaired) electrons. The van der Waals surface area contributed by atoms with Gasteiger partial charge in [0.25, 0.3) is 0 Å². The molecule has 1 aliphatic carbocycles. The van der Waals surface area contributed by atoms with Crippen molar-refractivity contribution in [3.8, 4) is 0 Å². The normalized spacial score (nSPS) is 30.5. The van der Waals surface area contributed by atoms with E-state index in [4.69, 9.17) is 5.73 Å². The minimum atomic E-state index is -0.391. The van der Waals surface area contributed by atoms with E-state index >= 15 is 0 Å². The number of primary amides is 1. The standard InChI is InChI=1S/C8H15N3O/c9-8(12)10-6-3-4-11(5-6)7-1-2-7/h6-7H,1-5H2,(H3,9,10,12). The second-order valence-corrected chi connectivity index (χ2v) is 3.72. The molecule has 2 aliphatic rings. The number of likely N-dealkylation sites (tertiary alicyclic amines) is 1. The Morgan fingerprint density at radius 1 is 1.42 bits per heavy atom. The highest BCUT2D eigenvalue weighted by molar-refractivity contribution is 5.72. The van der Waals surface area contributed by atoms with Crippen LogP contribution >= 0.6 is 0 Å². The predicted molar refractivity (Wildman–Crippen MR) is 45.7 cm³/mol. The van der Waals surface area contributed by atoms with Gasteiger partial charge in [-0.15, -0.1) is 0 Å². The number of carbonyl (C=O) groups excluding carboxylic acids is 1. The van der Waals surface area contributed by atoms with Crippen LogP contribution in [0.4, 0.5) is 4.79 Å². The van der Waals surface area contributed by atoms with Gasteiger partial charge in [0, 0.05) is 25.2 Å². The van der Waals surface area contributed by atoms with E-state index in [1.54, 1.807) is 0 Å². The molecule has 1 heterocycles. The molecule has 1 aliphatic heterocycles. The van der Waals surface area contributed by atoms with Crippen LogP contribution in [0.15, 0.2) is 0 Å². The van der Waals surface area contributed by atoms with Crippen molar-refractivity contribution in [2.45, 2.75) is 31.3 Å². The summed E-state index contributed by atoms with van der Waals surface area (Å²) in [5.41, 5.74) is 5.04. The molecule has 4 nitrogen and oxygen atoms in total. The van der Waals surface area contributed by atoms with Gasteiger partial charge in [0.1, 0.15) is 0 Å². The fraction of sp³-hybridized carbons (Fsp3) is 0.875. The smallest absolute Gasteiger partial charge is 0.312 e. The summed E-state index contributed by atoms with van der Waals surface area (Å²) in [6, 6.07) is 0.713. The first-order valence-corrected chi connectivity index (χ1v) is 4.56. The van der Waals surface area contributed by atoms with Crippen LogP contribution in [0.3, 0.4) is 0 Å². The zero-order chi connectivity index (χ0) is 8.55. The van der Waals surface area contributed by atoms with E-state index in [2.05, 4.69) is 10.2 Å². The van der Waals surface area contributed by atoms with Crippen LogP contribution in [0, 0.1) is 0 Å². The maximum atomic E-state index is 10.5. The molecule has 2 rings (SSSR count). The summed E-state index contributed by atoms with van der Waals surface area (Å²) in [6.45, 7) is 2.11. The monoisotopic (exact) mass is 169 g/mol. The van der Waals surface area contributed by atoms with E-state index < -0.39 is 6.03 Å². The van der Waals surface area contributed by atoms with Gasteiger partial charge >= 0.3 is 6.03 Å². The fourth-order valence-corrected chi connectivity index (χ4v) is 1.88. The van der Waals surface area contributed by atoms with Crippen LogP contribution in [0.5, 0.6) is 0 Å². The maximum Gasteiger partial charge on any atom is 0.312 e. The highest BCUT2D eigenvalue weighted by Gasteiger charge is 2.34. The number of urea groups is 1. The largest absolute Gasteiger partial charge is 0.352 e. The lowest BCUT2D eigenvalue weighted by Crippen LogP contribution is -2.40. The van der Waals surface area contributed by atoms with Crippen LogP contribution in [0.25, 0.3) is 0 Å². The first kappa shape index (κ1) is 7.86. The summed E-state index contributed by atoms with van der Waals surface area (Å²) in [5.74, 6) is 0. The maximum absolute atomic E-state index is 10.5. The number of carbonyl (C=O) groups is 1. The van der Waals surface area contributed by atoms with Gasteiger partial charge in [-0.05, 0) is 19.3 Å². The molecule has 1 saturated carbocycles. The van der Waals surface area contributed by atoms with Crippen LogP contribution in [-0.4, -0.2) is 36.1 Å². The Morgan fingerprint density at radius 2 is 2.17 bits per heavy atom. The molecule has 0 aromatic carbocycles. The van der Waals surface area contributed by atoms with Gasteiger partial charge in [-0.1, -0.05) is 0 Å². The van der Waals surface area contributed by atoms with Crippen molar-refractivity contribution in [3.05, 3.63) is 0 Å². The molecule has 1 saturated heterocycles. The minimum absolute atomic E-state index is 0.295. The molecule has 2 fully saturated rings. The minimum Gasteiger partial charge on any atom is -0.352 e. The van der Waals surface area contributed by atoms with Crippen molar-refractivity contribution in [2.75, 3.05) is 13.1 Å². The third-order valence-electron chi connectivity index (χ3n) is 2.63. The highest BCUT2D eigenvalue weighted by Crippen LogP contribution is 2.29. The summed E-state index contributed by atoms with van der Waals surface area (Å²) >= 11 is 0. The Kier molecular flexibility index (Phi) is 1.92. The van der Waals surface area contributed by atoms with Crippen molar-refractivity contribution in [2.24, 2.45) is 5.73 Å². The molecule has 1 unspecified atom stereocenters. The van der Waals surface area contributed by atoms with Crippen molar-refractivity contribution >= 4 is 6.03 Å².